The van der Waals surface area contributed by atoms with Gasteiger partial charge in [-0.3, -0.25) is 0 Å². The average molecular weight is 1380 g/mol. The van der Waals surface area contributed by atoms with Gasteiger partial charge >= 0.3 is 0 Å². The molecule has 0 heterocycles. The van der Waals surface area contributed by atoms with E-state index >= 15 is 0 Å². The fraction of sp³-hybridized carbons (Fsp3) is 0.920. The molecule has 0 radical (unpaired) electrons. The van der Waals surface area contributed by atoms with Crippen molar-refractivity contribution in [2.75, 3.05) is 114 Å². The number of ether oxygens (including phenoxy) is 14. The third-order valence-electron chi connectivity index (χ3n) is 11.7. The molecule has 0 aliphatic rings. The van der Waals surface area contributed by atoms with Gasteiger partial charge in [-0.2, -0.15) is 0 Å². The van der Waals surface area contributed by atoms with Crippen molar-refractivity contribution in [1.29, 1.82) is 0 Å². The number of hydrogen-bond acceptors (Lipinski definition) is 18. The van der Waals surface area contributed by atoms with Crippen molar-refractivity contribution in [3.8, 4) is 0 Å². The number of benzene rings is 1. The van der Waals surface area contributed by atoms with E-state index in [1.54, 1.807) is 21.3 Å². The second-order valence-corrected chi connectivity index (χ2v) is 31.1. The molecule has 0 aromatic heterocycles. The van der Waals surface area contributed by atoms with Crippen molar-refractivity contribution in [1.82, 2.24) is 0 Å². The molecule has 3 atom stereocenters. The molecule has 18 nitrogen and oxygen atoms in total. The highest BCUT2D eigenvalue weighted by molar-refractivity contribution is 6.74. The second-order valence-electron chi connectivity index (χ2n) is 26.3. The fourth-order valence-corrected chi connectivity index (χ4v) is 6.11. The van der Waals surface area contributed by atoms with E-state index in [1.807, 2.05) is 150 Å². The number of rotatable bonds is 42. The first kappa shape index (κ1) is 111. The number of methoxy groups -OCH3 is 3. The lowest BCUT2D eigenvalue weighted by molar-refractivity contribution is -0.0587. The molecule has 0 saturated heterocycles. The maximum Gasteiger partial charge on any atom is 0.192 e. The fourth-order valence-electron chi connectivity index (χ4n) is 5.08. The molecular weight excluding hydrogens is 1220 g/mol. The molecule has 3 N–H and O–H groups in total. The van der Waals surface area contributed by atoms with E-state index in [0.717, 1.165) is 65.1 Å². The molecule has 0 saturated carbocycles. The highest BCUT2D eigenvalue weighted by Gasteiger charge is 2.36. The van der Waals surface area contributed by atoms with Crippen LogP contribution in [0.3, 0.4) is 0 Å². The summed E-state index contributed by atoms with van der Waals surface area (Å²) in [6.07, 6.45) is 9.03. The summed E-state index contributed by atoms with van der Waals surface area (Å²) in [7, 11) is 3.43. The van der Waals surface area contributed by atoms with Crippen LogP contribution in [0.2, 0.25) is 18.1 Å². The summed E-state index contributed by atoms with van der Waals surface area (Å²) < 4.78 is 77.7. The van der Waals surface area contributed by atoms with E-state index in [9.17, 15) is 0 Å². The molecule has 94 heavy (non-hydrogen) atoms. The molecule has 576 valence electrons. The van der Waals surface area contributed by atoms with Crippen molar-refractivity contribution in [3.63, 3.8) is 0 Å². The van der Waals surface area contributed by atoms with Crippen molar-refractivity contribution in [3.05, 3.63) is 35.9 Å². The summed E-state index contributed by atoms with van der Waals surface area (Å²) in [6.45, 7) is 71.6. The van der Waals surface area contributed by atoms with Crippen LogP contribution in [-0.4, -0.2) is 217 Å². The molecule has 0 amide bonds. The molecule has 0 fully saturated rings. The molecule has 1 aromatic rings. The minimum absolute atomic E-state index is 0.228. The lowest BCUT2D eigenvalue weighted by atomic mass is 10.2. The standard InChI is InChI=1S/C12H18O2.C11H26O2Si.4C7H16O2.C7H16O.C6H14O2.C6H14O.C5H12O2/c1-11(2)14-9-8-13-10-12-6-4-3-5-7-12;1-10(2)12-8-9-13-14(6,7)11(3,4)5;1-7(2)9-6-4-5-8-3;3*1-4-7(8)5-9-6(2)3;1-4-5-6-8-7(2)3;1-6(2)8-5-4-7-3;1-4-5-7-6(2)3;1-5(2)7-4-6-3/h3-7,11H,8-10H2,1-2H3;10H,8-9H2,1-7H3;7H,4-6H2,1-3H3;3*6-8H,4-5H2,1-3H3;7H,4-6H2,1-3H3;6H,4-5H2,1-3H3;6H,4-5H2,1-3H3;5H,4H2,1-3H3/t;;;2*7-;;;;;/m...10...../s1. The molecule has 1 unspecified atom stereocenters. The number of aliphatic hydroxyl groups excluding tert-OH is 3. The van der Waals surface area contributed by atoms with E-state index in [-0.39, 0.29) is 48.8 Å². The van der Waals surface area contributed by atoms with Crippen LogP contribution in [0.5, 0.6) is 0 Å². The summed E-state index contributed by atoms with van der Waals surface area (Å²) in [5.41, 5.74) is 1.21. The Kier molecular flexibility index (Phi) is 99.6. The van der Waals surface area contributed by atoms with Gasteiger partial charge in [-0.1, -0.05) is 92.1 Å². The maximum atomic E-state index is 8.98. The van der Waals surface area contributed by atoms with Crippen molar-refractivity contribution in [2.45, 2.75) is 343 Å². The van der Waals surface area contributed by atoms with Gasteiger partial charge in [0.05, 0.1) is 145 Å². The number of hydrogen-bond donors (Lipinski definition) is 3. The summed E-state index contributed by atoms with van der Waals surface area (Å²) in [6, 6.07) is 10.2. The Balaban J connectivity index is -0.000000123. The lowest BCUT2D eigenvalue weighted by Gasteiger charge is -2.36. The molecule has 1 aromatic carbocycles. The Morgan fingerprint density at radius 2 is 0.670 bits per heavy atom. The highest BCUT2D eigenvalue weighted by atomic mass is 28.4. The lowest BCUT2D eigenvalue weighted by Crippen LogP contribution is -2.41. The largest absolute Gasteiger partial charge is 0.414 e. The van der Waals surface area contributed by atoms with Gasteiger partial charge in [0.15, 0.2) is 8.32 Å². The van der Waals surface area contributed by atoms with Crippen molar-refractivity contribution >= 4 is 8.32 Å². The zero-order valence-corrected chi connectivity index (χ0v) is 68.9. The molecular formula is C75H164O18Si. The summed E-state index contributed by atoms with van der Waals surface area (Å²) in [5, 5.41) is 27.2. The highest BCUT2D eigenvalue weighted by Crippen LogP contribution is 2.36. The van der Waals surface area contributed by atoms with Crippen LogP contribution in [0.15, 0.2) is 30.3 Å². The Hall–Kier alpha value is -1.28. The SMILES string of the molecule is CC(C)OCCOCc1ccccc1.CC(C)OCCO[Si](C)(C)C(C)(C)C.CCC(O)COC(C)C.CCCCOC(C)C.CCCOC(C)C.CC[C@@H](O)COC(C)C.CC[C@H](O)COC(C)C.COCCCOC(C)C.COCCOC(C)C.COCOC(C)C. The van der Waals surface area contributed by atoms with Crippen LogP contribution in [0, 0.1) is 0 Å². The predicted octanol–water partition coefficient (Wildman–Crippen LogP) is 17.2. The first-order chi connectivity index (χ1) is 43.8. The van der Waals surface area contributed by atoms with Gasteiger partial charge in [0.25, 0.3) is 0 Å². The molecule has 0 aliphatic heterocycles. The Bertz CT molecular complexity index is 1380. The predicted molar refractivity (Wildman–Crippen MR) is 400 cm³/mol. The second kappa shape index (κ2) is 84.1. The van der Waals surface area contributed by atoms with Gasteiger partial charge < -0.3 is 86.1 Å². The van der Waals surface area contributed by atoms with Crippen LogP contribution >= 0.6 is 0 Å². The van der Waals surface area contributed by atoms with Gasteiger partial charge in [-0.25, -0.2) is 0 Å². The first-order valence-electron chi connectivity index (χ1n) is 35.7. The van der Waals surface area contributed by atoms with Crippen LogP contribution < -0.4 is 0 Å². The van der Waals surface area contributed by atoms with E-state index < -0.39 is 8.32 Å². The van der Waals surface area contributed by atoms with Crippen LogP contribution in [0.1, 0.15) is 244 Å². The van der Waals surface area contributed by atoms with E-state index in [1.165, 1.54) is 18.4 Å². The van der Waals surface area contributed by atoms with E-state index in [4.69, 9.17) is 81.3 Å². The molecule has 0 bridgehead atoms. The minimum atomic E-state index is -1.56. The Labute approximate surface area is 584 Å². The Morgan fingerprint density at radius 3 is 0.947 bits per heavy atom. The zero-order chi connectivity index (χ0) is 74.8. The molecule has 19 heteroatoms. The molecule has 0 aliphatic carbocycles. The van der Waals surface area contributed by atoms with Crippen molar-refractivity contribution < 1.29 is 86.1 Å². The van der Waals surface area contributed by atoms with Gasteiger partial charge in [-0.15, -0.1) is 0 Å². The first-order valence-corrected chi connectivity index (χ1v) is 38.6. The van der Waals surface area contributed by atoms with Gasteiger partial charge in [0.1, 0.15) is 6.79 Å². The normalized spacial score (nSPS) is 12.1. The molecule has 1 rings (SSSR count). The van der Waals surface area contributed by atoms with Gasteiger partial charge in [-0.05, 0) is 201 Å². The Morgan fingerprint density at radius 1 is 0.351 bits per heavy atom. The number of unbranched alkanes of at least 4 members (excludes halogenated alkanes) is 1. The maximum absolute atomic E-state index is 8.98. The summed E-state index contributed by atoms with van der Waals surface area (Å²) in [4.78, 5) is 0. The quantitative estimate of drug-likeness (QED) is 0.0317. The van der Waals surface area contributed by atoms with E-state index in [2.05, 4.69) is 92.3 Å². The van der Waals surface area contributed by atoms with Gasteiger partial charge in [0.2, 0.25) is 0 Å². The topological polar surface area (TPSA) is 199 Å². The van der Waals surface area contributed by atoms with Gasteiger partial charge in [0, 0.05) is 47.8 Å². The number of aliphatic hydroxyl groups is 3. The summed E-state index contributed by atoms with van der Waals surface area (Å²) in [5.74, 6) is 0. The minimum Gasteiger partial charge on any atom is -0.414 e. The van der Waals surface area contributed by atoms with Crippen LogP contribution in [-0.2, 0) is 77.3 Å². The smallest absolute Gasteiger partial charge is 0.192 e. The van der Waals surface area contributed by atoms with Crippen LogP contribution in [0.25, 0.3) is 0 Å². The van der Waals surface area contributed by atoms with Crippen LogP contribution in [0.4, 0.5) is 0 Å². The summed E-state index contributed by atoms with van der Waals surface area (Å²) >= 11 is 0. The average Bonchev–Trinajstić information content (AvgIpc) is 0.870. The third-order valence-corrected chi connectivity index (χ3v) is 16.2. The third kappa shape index (κ3) is 124. The van der Waals surface area contributed by atoms with Crippen molar-refractivity contribution in [2.24, 2.45) is 0 Å². The van der Waals surface area contributed by atoms with E-state index in [0.29, 0.717) is 102 Å². The monoisotopic (exact) mass is 1380 g/mol. The zero-order valence-electron chi connectivity index (χ0n) is 67.9. The molecule has 0 spiro atoms.